The highest BCUT2D eigenvalue weighted by Gasteiger charge is 2.28. The Morgan fingerprint density at radius 2 is 2.38 bits per heavy atom. The summed E-state index contributed by atoms with van der Waals surface area (Å²) in [4.78, 5) is 29.3. The number of nitrogens with zero attached hydrogens (tertiary/aromatic N) is 2. The van der Waals surface area contributed by atoms with E-state index < -0.39 is 0 Å². The number of piperidine rings is 1. The standard InChI is InChI=1S/C11H14N2O2S/c1-7-5-13(4-3-10(7)14)11(15)9-6-16-8(2)12-9/h6-7H,3-5H2,1-2H3. The average molecular weight is 238 g/mol. The fraction of sp³-hybridized carbons (Fsp3) is 0.545. The first-order chi connectivity index (χ1) is 7.58. The number of hydrogen-bond donors (Lipinski definition) is 0. The number of ketones is 1. The third kappa shape index (κ3) is 2.14. The van der Waals surface area contributed by atoms with Gasteiger partial charge in [-0.25, -0.2) is 4.98 Å². The second-order valence-electron chi connectivity index (χ2n) is 4.12. The van der Waals surface area contributed by atoms with E-state index >= 15 is 0 Å². The summed E-state index contributed by atoms with van der Waals surface area (Å²) in [5.74, 6) is 0.152. The summed E-state index contributed by atoms with van der Waals surface area (Å²) in [6.07, 6.45) is 0.468. The molecular formula is C11H14N2O2S. The molecule has 1 unspecified atom stereocenters. The van der Waals surface area contributed by atoms with Crippen molar-refractivity contribution in [1.29, 1.82) is 0 Å². The van der Waals surface area contributed by atoms with Crippen LogP contribution < -0.4 is 0 Å². The molecule has 1 aliphatic rings. The van der Waals surface area contributed by atoms with Gasteiger partial charge in [-0.15, -0.1) is 11.3 Å². The molecule has 0 saturated carbocycles. The van der Waals surface area contributed by atoms with Crippen LogP contribution in [-0.2, 0) is 4.79 Å². The maximum Gasteiger partial charge on any atom is 0.273 e. The van der Waals surface area contributed by atoms with Gasteiger partial charge in [0.2, 0.25) is 0 Å². The molecule has 0 bridgehead atoms. The van der Waals surface area contributed by atoms with E-state index in [-0.39, 0.29) is 17.6 Å². The minimum absolute atomic E-state index is 0.0440. The zero-order valence-electron chi connectivity index (χ0n) is 9.40. The van der Waals surface area contributed by atoms with Gasteiger partial charge in [-0.1, -0.05) is 6.92 Å². The van der Waals surface area contributed by atoms with Gasteiger partial charge in [0.25, 0.3) is 5.91 Å². The van der Waals surface area contributed by atoms with Crippen LogP contribution in [-0.4, -0.2) is 34.7 Å². The Kier molecular flexibility index (Phi) is 3.05. The maximum absolute atomic E-state index is 12.0. The molecular weight excluding hydrogens is 224 g/mol. The molecule has 1 aromatic heterocycles. The number of amides is 1. The molecule has 0 spiro atoms. The van der Waals surface area contributed by atoms with E-state index in [1.54, 1.807) is 10.3 Å². The second-order valence-corrected chi connectivity index (χ2v) is 5.18. The van der Waals surface area contributed by atoms with Gasteiger partial charge in [-0.3, -0.25) is 9.59 Å². The van der Waals surface area contributed by atoms with E-state index in [1.807, 2.05) is 13.8 Å². The summed E-state index contributed by atoms with van der Waals surface area (Å²) in [6, 6.07) is 0. The van der Waals surface area contributed by atoms with Crippen LogP contribution in [0.2, 0.25) is 0 Å². The molecule has 5 heteroatoms. The molecule has 1 amide bonds. The number of hydrogen-bond acceptors (Lipinski definition) is 4. The molecule has 0 aromatic carbocycles. The van der Waals surface area contributed by atoms with Gasteiger partial charge in [0.15, 0.2) is 0 Å². The van der Waals surface area contributed by atoms with Crippen LogP contribution in [0.15, 0.2) is 5.38 Å². The van der Waals surface area contributed by atoms with Gasteiger partial charge in [0, 0.05) is 30.8 Å². The highest BCUT2D eigenvalue weighted by Crippen LogP contribution is 2.16. The minimum Gasteiger partial charge on any atom is -0.336 e. The summed E-state index contributed by atoms with van der Waals surface area (Å²) < 4.78 is 0. The number of aromatic nitrogens is 1. The molecule has 86 valence electrons. The fourth-order valence-electron chi connectivity index (χ4n) is 1.82. The van der Waals surface area contributed by atoms with Crippen LogP contribution in [0.3, 0.4) is 0 Å². The molecule has 1 aliphatic heterocycles. The summed E-state index contributed by atoms with van der Waals surface area (Å²) in [7, 11) is 0. The lowest BCUT2D eigenvalue weighted by Crippen LogP contribution is -2.43. The molecule has 0 N–H and O–H groups in total. The Morgan fingerprint density at radius 1 is 1.62 bits per heavy atom. The molecule has 1 fully saturated rings. The van der Waals surface area contributed by atoms with E-state index in [4.69, 9.17) is 0 Å². The lowest BCUT2D eigenvalue weighted by atomic mass is 9.98. The topological polar surface area (TPSA) is 50.3 Å². The van der Waals surface area contributed by atoms with Crippen LogP contribution in [0, 0.1) is 12.8 Å². The van der Waals surface area contributed by atoms with Gasteiger partial charge in [-0.2, -0.15) is 0 Å². The second kappa shape index (κ2) is 4.33. The lowest BCUT2D eigenvalue weighted by Gasteiger charge is -2.29. The maximum atomic E-state index is 12.0. The number of likely N-dealkylation sites (tertiary alicyclic amines) is 1. The Labute approximate surface area is 98.3 Å². The third-order valence-electron chi connectivity index (χ3n) is 2.80. The quantitative estimate of drug-likeness (QED) is 0.745. The monoisotopic (exact) mass is 238 g/mol. The Bertz CT molecular complexity index is 427. The van der Waals surface area contributed by atoms with Crippen molar-refractivity contribution >= 4 is 23.0 Å². The summed E-state index contributed by atoms with van der Waals surface area (Å²) in [5.41, 5.74) is 0.504. The van der Waals surface area contributed by atoms with Crippen molar-refractivity contribution in [2.24, 2.45) is 5.92 Å². The van der Waals surface area contributed by atoms with Gasteiger partial charge in [-0.05, 0) is 6.92 Å². The first kappa shape index (κ1) is 11.3. The third-order valence-corrected chi connectivity index (χ3v) is 3.57. The van der Waals surface area contributed by atoms with Crippen molar-refractivity contribution in [2.75, 3.05) is 13.1 Å². The van der Waals surface area contributed by atoms with Gasteiger partial charge in [0.05, 0.1) is 5.01 Å². The predicted octanol–water partition coefficient (Wildman–Crippen LogP) is 1.50. The number of thiazole rings is 1. The summed E-state index contributed by atoms with van der Waals surface area (Å²) >= 11 is 1.47. The fourth-order valence-corrected chi connectivity index (χ4v) is 2.41. The largest absolute Gasteiger partial charge is 0.336 e. The van der Waals surface area contributed by atoms with E-state index in [9.17, 15) is 9.59 Å². The molecule has 1 saturated heterocycles. The zero-order valence-corrected chi connectivity index (χ0v) is 10.2. The number of carbonyl (C=O) groups is 2. The van der Waals surface area contributed by atoms with Gasteiger partial charge in [0.1, 0.15) is 11.5 Å². The van der Waals surface area contributed by atoms with Crippen LogP contribution in [0.4, 0.5) is 0 Å². The van der Waals surface area contributed by atoms with E-state index in [0.29, 0.717) is 25.2 Å². The number of carbonyl (C=O) groups excluding carboxylic acids is 2. The average Bonchev–Trinajstić information content (AvgIpc) is 2.68. The van der Waals surface area contributed by atoms with E-state index in [0.717, 1.165) is 5.01 Å². The number of aryl methyl sites for hydroxylation is 1. The molecule has 1 atom stereocenters. The first-order valence-electron chi connectivity index (χ1n) is 5.32. The van der Waals surface area contributed by atoms with Crippen molar-refractivity contribution in [3.05, 3.63) is 16.1 Å². The molecule has 4 nitrogen and oxygen atoms in total. The minimum atomic E-state index is -0.0521. The zero-order chi connectivity index (χ0) is 11.7. The molecule has 0 radical (unpaired) electrons. The predicted molar refractivity (Wildman–Crippen MR) is 61.5 cm³/mol. The van der Waals surface area contributed by atoms with Crippen LogP contribution >= 0.6 is 11.3 Å². The molecule has 0 aliphatic carbocycles. The van der Waals surface area contributed by atoms with Crippen molar-refractivity contribution in [3.63, 3.8) is 0 Å². The highest BCUT2D eigenvalue weighted by atomic mass is 32.1. The number of Topliss-reactive ketones (excluding diaryl/α,β-unsaturated/α-hetero) is 1. The Morgan fingerprint density at radius 3 is 2.94 bits per heavy atom. The Hall–Kier alpha value is -1.23. The smallest absolute Gasteiger partial charge is 0.273 e. The summed E-state index contributed by atoms with van der Waals surface area (Å²) in [6.45, 7) is 4.80. The first-order valence-corrected chi connectivity index (χ1v) is 6.20. The SMILES string of the molecule is Cc1nc(C(=O)N2CCC(=O)C(C)C2)cs1. The van der Waals surface area contributed by atoms with Gasteiger partial charge >= 0.3 is 0 Å². The van der Waals surface area contributed by atoms with Gasteiger partial charge < -0.3 is 4.90 Å². The Balaban J connectivity index is 2.08. The van der Waals surface area contributed by atoms with Crippen LogP contribution in [0.25, 0.3) is 0 Å². The van der Waals surface area contributed by atoms with Crippen molar-refractivity contribution < 1.29 is 9.59 Å². The lowest BCUT2D eigenvalue weighted by molar-refractivity contribution is -0.124. The highest BCUT2D eigenvalue weighted by molar-refractivity contribution is 7.09. The normalized spacial score (nSPS) is 21.2. The van der Waals surface area contributed by atoms with Crippen molar-refractivity contribution in [1.82, 2.24) is 9.88 Å². The molecule has 2 heterocycles. The summed E-state index contributed by atoms with van der Waals surface area (Å²) in [5, 5.41) is 2.67. The van der Waals surface area contributed by atoms with E-state index in [1.165, 1.54) is 11.3 Å². The van der Waals surface area contributed by atoms with Crippen LogP contribution in [0.1, 0.15) is 28.8 Å². The molecule has 1 aromatic rings. The number of rotatable bonds is 1. The molecule has 2 rings (SSSR count). The molecule has 16 heavy (non-hydrogen) atoms. The van der Waals surface area contributed by atoms with E-state index in [2.05, 4.69) is 4.98 Å². The van der Waals surface area contributed by atoms with Crippen molar-refractivity contribution in [2.45, 2.75) is 20.3 Å². The van der Waals surface area contributed by atoms with Crippen LogP contribution in [0.5, 0.6) is 0 Å². The van der Waals surface area contributed by atoms with Crippen molar-refractivity contribution in [3.8, 4) is 0 Å².